The van der Waals surface area contributed by atoms with Gasteiger partial charge in [-0.2, -0.15) is 10.5 Å². The van der Waals surface area contributed by atoms with Gasteiger partial charge in [0, 0.05) is 10.8 Å². The van der Waals surface area contributed by atoms with E-state index in [2.05, 4.69) is 0 Å². The van der Waals surface area contributed by atoms with Crippen molar-refractivity contribution in [1.29, 1.82) is 10.5 Å². The second kappa shape index (κ2) is 6.63. The highest BCUT2D eigenvalue weighted by molar-refractivity contribution is 8.07. The van der Waals surface area contributed by atoms with Crippen LogP contribution >= 0.6 is 35.1 Å². The van der Waals surface area contributed by atoms with E-state index in [-0.39, 0.29) is 5.25 Å². The number of rotatable bonds is 4. The van der Waals surface area contributed by atoms with Crippen molar-refractivity contribution in [3.63, 3.8) is 0 Å². The number of thiocyanates is 2. The SMILES string of the molecule is N#CSCC(SC#N)c1cccc(Cl)c1. The van der Waals surface area contributed by atoms with Crippen LogP contribution in [0.25, 0.3) is 0 Å². The van der Waals surface area contributed by atoms with Gasteiger partial charge < -0.3 is 0 Å². The van der Waals surface area contributed by atoms with Gasteiger partial charge in [0.25, 0.3) is 0 Å². The van der Waals surface area contributed by atoms with Gasteiger partial charge in [-0.25, -0.2) is 0 Å². The predicted octanol–water partition coefficient (Wildman–Crippen LogP) is 3.81. The Hall–Kier alpha value is -0.810. The minimum absolute atomic E-state index is 0.00153. The zero-order valence-corrected chi connectivity index (χ0v) is 10.1. The second-order valence-corrected chi connectivity index (χ2v) is 4.88. The number of benzene rings is 1. The van der Waals surface area contributed by atoms with E-state index >= 15 is 0 Å². The fourth-order valence-corrected chi connectivity index (χ4v) is 2.59. The molecular weight excluding hydrogens is 248 g/mol. The van der Waals surface area contributed by atoms with E-state index in [1.165, 1.54) is 0 Å². The molecule has 1 aromatic carbocycles. The summed E-state index contributed by atoms with van der Waals surface area (Å²) in [6.07, 6.45) is 0. The Morgan fingerprint density at radius 2 is 2.13 bits per heavy atom. The molecular formula is C10H7ClN2S2. The van der Waals surface area contributed by atoms with Crippen molar-refractivity contribution in [2.75, 3.05) is 5.75 Å². The Balaban J connectivity index is 2.80. The smallest absolute Gasteiger partial charge is 0.134 e. The maximum Gasteiger partial charge on any atom is 0.134 e. The Bertz CT molecular complexity index is 409. The lowest BCUT2D eigenvalue weighted by Crippen LogP contribution is -1.95. The zero-order valence-electron chi connectivity index (χ0n) is 7.68. The first-order valence-electron chi connectivity index (χ1n) is 4.09. The highest BCUT2D eigenvalue weighted by Crippen LogP contribution is 2.32. The molecule has 0 fully saturated rings. The van der Waals surface area contributed by atoms with Crippen LogP contribution in [0.4, 0.5) is 0 Å². The highest BCUT2D eigenvalue weighted by Gasteiger charge is 2.12. The van der Waals surface area contributed by atoms with Crippen LogP contribution in [0.1, 0.15) is 10.8 Å². The Morgan fingerprint density at radius 3 is 2.73 bits per heavy atom. The first kappa shape index (κ1) is 12.3. The lowest BCUT2D eigenvalue weighted by atomic mass is 10.2. The number of hydrogen-bond donors (Lipinski definition) is 0. The highest BCUT2D eigenvalue weighted by atomic mass is 35.5. The maximum atomic E-state index is 8.65. The molecule has 1 aromatic rings. The molecule has 0 aliphatic rings. The van der Waals surface area contributed by atoms with Crippen LogP contribution in [0.3, 0.4) is 0 Å². The number of nitrogens with zero attached hydrogens (tertiary/aromatic N) is 2. The van der Waals surface area contributed by atoms with E-state index in [0.29, 0.717) is 10.8 Å². The van der Waals surface area contributed by atoms with Crippen LogP contribution in [0.2, 0.25) is 5.02 Å². The maximum absolute atomic E-state index is 8.65. The van der Waals surface area contributed by atoms with Crippen LogP contribution < -0.4 is 0 Å². The van der Waals surface area contributed by atoms with Crippen LogP contribution in [0.5, 0.6) is 0 Å². The van der Waals surface area contributed by atoms with Gasteiger partial charge >= 0.3 is 0 Å². The predicted molar refractivity (Wildman–Crippen MR) is 65.5 cm³/mol. The number of thioether (sulfide) groups is 2. The van der Waals surface area contributed by atoms with Crippen molar-refractivity contribution < 1.29 is 0 Å². The average Bonchev–Trinajstić information content (AvgIpc) is 2.24. The average molecular weight is 255 g/mol. The third kappa shape index (κ3) is 4.05. The molecule has 0 heterocycles. The largest absolute Gasteiger partial charge is 0.185 e. The summed E-state index contributed by atoms with van der Waals surface area (Å²) in [6, 6.07) is 7.38. The molecule has 0 N–H and O–H groups in total. The molecule has 76 valence electrons. The fourth-order valence-electron chi connectivity index (χ4n) is 1.08. The lowest BCUT2D eigenvalue weighted by Gasteiger charge is -2.10. The number of halogens is 1. The minimum Gasteiger partial charge on any atom is -0.185 e. The van der Waals surface area contributed by atoms with Crippen LogP contribution in [-0.4, -0.2) is 5.75 Å². The first-order chi connectivity index (χ1) is 7.27. The molecule has 1 unspecified atom stereocenters. The Morgan fingerprint density at radius 1 is 1.33 bits per heavy atom. The Labute approximate surface area is 102 Å². The van der Waals surface area contributed by atoms with Gasteiger partial charge in [-0.1, -0.05) is 23.7 Å². The molecule has 0 saturated carbocycles. The zero-order chi connectivity index (χ0) is 11.1. The summed E-state index contributed by atoms with van der Waals surface area (Å²) in [5, 5.41) is 21.8. The van der Waals surface area contributed by atoms with Gasteiger partial charge in [-0.15, -0.1) is 0 Å². The van der Waals surface area contributed by atoms with Crippen LogP contribution in [0, 0.1) is 21.3 Å². The van der Waals surface area contributed by atoms with Crippen molar-refractivity contribution in [3.8, 4) is 10.8 Å². The molecule has 0 saturated heterocycles. The summed E-state index contributed by atoms with van der Waals surface area (Å²) >= 11 is 8.16. The summed E-state index contributed by atoms with van der Waals surface area (Å²) in [5.41, 5.74) is 0.983. The summed E-state index contributed by atoms with van der Waals surface area (Å²) in [4.78, 5) is 0. The van der Waals surface area contributed by atoms with E-state index in [4.69, 9.17) is 22.1 Å². The van der Waals surface area contributed by atoms with Gasteiger partial charge in [0.15, 0.2) is 0 Å². The second-order valence-electron chi connectivity index (χ2n) is 2.66. The van der Waals surface area contributed by atoms with Crippen molar-refractivity contribution >= 4 is 35.1 Å². The van der Waals surface area contributed by atoms with E-state index in [1.807, 2.05) is 29.0 Å². The lowest BCUT2D eigenvalue weighted by molar-refractivity contribution is 1.13. The van der Waals surface area contributed by atoms with Crippen molar-refractivity contribution in [2.24, 2.45) is 0 Å². The molecule has 0 radical (unpaired) electrons. The summed E-state index contributed by atoms with van der Waals surface area (Å²) in [7, 11) is 0. The molecule has 1 rings (SSSR count). The summed E-state index contributed by atoms with van der Waals surface area (Å²) in [5.74, 6) is 0.592. The van der Waals surface area contributed by atoms with Crippen LogP contribution in [-0.2, 0) is 0 Å². The topological polar surface area (TPSA) is 47.6 Å². The van der Waals surface area contributed by atoms with E-state index in [0.717, 1.165) is 29.1 Å². The molecule has 0 amide bonds. The monoisotopic (exact) mass is 254 g/mol. The molecule has 2 nitrogen and oxygen atoms in total. The van der Waals surface area contributed by atoms with Crippen LogP contribution in [0.15, 0.2) is 24.3 Å². The molecule has 0 aromatic heterocycles. The van der Waals surface area contributed by atoms with Gasteiger partial charge in [-0.3, -0.25) is 0 Å². The van der Waals surface area contributed by atoms with E-state index in [1.54, 1.807) is 6.07 Å². The number of nitriles is 2. The molecule has 0 aliphatic carbocycles. The fraction of sp³-hybridized carbons (Fsp3) is 0.200. The molecule has 0 bridgehead atoms. The quantitative estimate of drug-likeness (QED) is 0.767. The minimum atomic E-state index is -0.00153. The summed E-state index contributed by atoms with van der Waals surface area (Å²) in [6.45, 7) is 0. The third-order valence-corrected chi connectivity index (χ3v) is 3.62. The molecule has 15 heavy (non-hydrogen) atoms. The van der Waals surface area contributed by atoms with Gasteiger partial charge in [-0.05, 0) is 41.2 Å². The van der Waals surface area contributed by atoms with Crippen molar-refractivity contribution in [1.82, 2.24) is 0 Å². The Kier molecular flexibility index (Phi) is 5.42. The molecule has 0 aliphatic heterocycles. The molecule has 0 spiro atoms. The van der Waals surface area contributed by atoms with Crippen molar-refractivity contribution in [3.05, 3.63) is 34.9 Å². The molecule has 5 heteroatoms. The van der Waals surface area contributed by atoms with Gasteiger partial charge in [0.2, 0.25) is 0 Å². The van der Waals surface area contributed by atoms with E-state index in [9.17, 15) is 0 Å². The van der Waals surface area contributed by atoms with Crippen molar-refractivity contribution in [2.45, 2.75) is 5.25 Å². The van der Waals surface area contributed by atoms with Gasteiger partial charge in [0.05, 0.1) is 5.25 Å². The normalized spacial score (nSPS) is 11.4. The van der Waals surface area contributed by atoms with Gasteiger partial charge in [0.1, 0.15) is 10.8 Å². The molecule has 1 atom stereocenters. The standard InChI is InChI=1S/C10H7ClN2S2/c11-9-3-1-2-8(4-9)10(15-7-13)5-14-6-12/h1-4,10H,5H2. The summed E-state index contributed by atoms with van der Waals surface area (Å²) < 4.78 is 0. The number of hydrogen-bond acceptors (Lipinski definition) is 4. The third-order valence-electron chi connectivity index (χ3n) is 1.71. The van der Waals surface area contributed by atoms with E-state index < -0.39 is 0 Å². The first-order valence-corrected chi connectivity index (χ1v) is 6.33.